The zero-order valence-corrected chi connectivity index (χ0v) is 44.0. The van der Waals surface area contributed by atoms with Crippen LogP contribution in [0.2, 0.25) is 0 Å². The highest BCUT2D eigenvalue weighted by atomic mass is 16.3. The van der Waals surface area contributed by atoms with Gasteiger partial charge in [0.2, 0.25) is 5.91 Å². The third kappa shape index (κ3) is 47.9. The fourth-order valence-electron chi connectivity index (χ4n) is 9.58. The van der Waals surface area contributed by atoms with Gasteiger partial charge < -0.3 is 25.7 Å². The minimum Gasteiger partial charge on any atom is -0.394 e. The van der Waals surface area contributed by atoms with Gasteiger partial charge in [0, 0.05) is 0 Å². The molecule has 0 aromatic rings. The first-order valence-corrected chi connectivity index (χ1v) is 29.6. The van der Waals surface area contributed by atoms with Crippen LogP contribution in [0.15, 0.2) is 12.2 Å². The number of unbranched alkanes of at least 4 members (excludes halogenated alkanes) is 44. The summed E-state index contributed by atoms with van der Waals surface area (Å²) in [6.07, 6.45) is 64.3. The molecule has 6 heteroatoms. The maximum atomic E-state index is 12.6. The zero-order chi connectivity index (χ0) is 47.4. The summed E-state index contributed by atoms with van der Waals surface area (Å²) in [6, 6.07) is -0.983. The Bertz CT molecular complexity index is 944. The van der Waals surface area contributed by atoms with Gasteiger partial charge in [-0.3, -0.25) is 4.79 Å². The third-order valence-electron chi connectivity index (χ3n) is 14.2. The Hall–Kier alpha value is -0.950. The van der Waals surface area contributed by atoms with Crippen molar-refractivity contribution in [2.45, 2.75) is 353 Å². The summed E-state index contributed by atoms with van der Waals surface area (Å²) in [5.74, 6) is -0.577. The molecular formula is C59H117NO5. The molecule has 388 valence electrons. The number of hydrogen-bond acceptors (Lipinski definition) is 5. The van der Waals surface area contributed by atoms with Crippen LogP contribution in [0.25, 0.3) is 0 Å². The van der Waals surface area contributed by atoms with Crippen LogP contribution in [0.4, 0.5) is 0 Å². The van der Waals surface area contributed by atoms with Crippen LogP contribution in [-0.4, -0.2) is 57.3 Å². The maximum absolute atomic E-state index is 12.6. The second-order valence-electron chi connectivity index (χ2n) is 20.7. The molecular weight excluding hydrogens is 803 g/mol. The highest BCUT2D eigenvalue weighted by Gasteiger charge is 2.28. The fourth-order valence-corrected chi connectivity index (χ4v) is 9.58. The number of aliphatic hydroxyl groups is 4. The predicted molar refractivity (Wildman–Crippen MR) is 284 cm³/mol. The van der Waals surface area contributed by atoms with Crippen LogP contribution in [0.3, 0.4) is 0 Å². The summed E-state index contributed by atoms with van der Waals surface area (Å²) in [7, 11) is 0. The minimum absolute atomic E-state index is 0.373. The molecule has 0 aliphatic heterocycles. The standard InChI is InChI=1S/C59H117NO5/c1-3-5-7-9-11-13-15-17-19-21-23-24-25-26-27-28-29-30-31-32-33-35-37-39-41-43-45-47-49-51-53-57(63)59(65)60-55(54-61)58(64)56(62)52-50-48-46-44-42-40-38-36-34-22-20-18-16-14-12-10-8-6-4-2/h26-27,55-58,61-64H,3-25,28-54H2,1-2H3,(H,60,65)/b27-26-. The molecule has 5 N–H and O–H groups in total. The number of aliphatic hydroxyl groups excluding tert-OH is 4. The summed E-state index contributed by atoms with van der Waals surface area (Å²) < 4.78 is 0. The van der Waals surface area contributed by atoms with E-state index in [9.17, 15) is 25.2 Å². The van der Waals surface area contributed by atoms with Crippen molar-refractivity contribution in [3.8, 4) is 0 Å². The normalized spacial score (nSPS) is 13.8. The van der Waals surface area contributed by atoms with E-state index in [4.69, 9.17) is 0 Å². The van der Waals surface area contributed by atoms with Gasteiger partial charge in [0.05, 0.1) is 18.8 Å². The van der Waals surface area contributed by atoms with Gasteiger partial charge in [0.1, 0.15) is 12.2 Å². The van der Waals surface area contributed by atoms with Crippen LogP contribution in [0, 0.1) is 0 Å². The van der Waals surface area contributed by atoms with Crippen LogP contribution in [-0.2, 0) is 4.79 Å². The van der Waals surface area contributed by atoms with Gasteiger partial charge in [-0.05, 0) is 38.5 Å². The summed E-state index contributed by atoms with van der Waals surface area (Å²) in [5, 5.41) is 44.0. The van der Waals surface area contributed by atoms with Gasteiger partial charge in [0.15, 0.2) is 0 Å². The molecule has 4 atom stereocenters. The number of hydrogen-bond donors (Lipinski definition) is 5. The number of rotatable bonds is 55. The van der Waals surface area contributed by atoms with E-state index < -0.39 is 36.9 Å². The lowest BCUT2D eigenvalue weighted by Crippen LogP contribution is -2.53. The van der Waals surface area contributed by atoms with Crippen molar-refractivity contribution < 1.29 is 25.2 Å². The van der Waals surface area contributed by atoms with E-state index in [0.717, 1.165) is 38.5 Å². The van der Waals surface area contributed by atoms with Crippen molar-refractivity contribution in [1.82, 2.24) is 5.32 Å². The Balaban J connectivity index is 3.57. The second-order valence-corrected chi connectivity index (χ2v) is 20.7. The average Bonchev–Trinajstić information content (AvgIpc) is 3.31. The summed E-state index contributed by atoms with van der Waals surface area (Å²) in [6.45, 7) is 4.10. The largest absolute Gasteiger partial charge is 0.394 e. The molecule has 0 rings (SSSR count). The smallest absolute Gasteiger partial charge is 0.249 e. The van der Waals surface area contributed by atoms with Crippen molar-refractivity contribution in [3.63, 3.8) is 0 Å². The maximum Gasteiger partial charge on any atom is 0.249 e. The zero-order valence-electron chi connectivity index (χ0n) is 44.0. The molecule has 1 amide bonds. The molecule has 6 nitrogen and oxygen atoms in total. The lowest BCUT2D eigenvalue weighted by atomic mass is 9.99. The van der Waals surface area contributed by atoms with Gasteiger partial charge in [-0.2, -0.15) is 0 Å². The van der Waals surface area contributed by atoms with E-state index in [2.05, 4.69) is 31.3 Å². The first-order valence-electron chi connectivity index (χ1n) is 29.6. The van der Waals surface area contributed by atoms with Gasteiger partial charge in [0.25, 0.3) is 0 Å². The molecule has 4 unspecified atom stereocenters. The van der Waals surface area contributed by atoms with E-state index in [1.807, 2.05) is 0 Å². The Kier molecular flexibility index (Phi) is 53.2. The Labute approximate surface area is 406 Å². The molecule has 0 saturated carbocycles. The lowest BCUT2D eigenvalue weighted by Gasteiger charge is -2.27. The summed E-state index contributed by atoms with van der Waals surface area (Å²) in [5.41, 5.74) is 0. The molecule has 0 fully saturated rings. The summed E-state index contributed by atoms with van der Waals surface area (Å²) >= 11 is 0. The van der Waals surface area contributed by atoms with Gasteiger partial charge in [-0.15, -0.1) is 0 Å². The molecule has 0 aromatic heterocycles. The first kappa shape index (κ1) is 64.0. The molecule has 65 heavy (non-hydrogen) atoms. The molecule has 0 heterocycles. The number of carbonyl (C=O) groups is 1. The molecule has 0 radical (unpaired) electrons. The average molecular weight is 921 g/mol. The highest BCUT2D eigenvalue weighted by molar-refractivity contribution is 5.80. The third-order valence-corrected chi connectivity index (χ3v) is 14.2. The van der Waals surface area contributed by atoms with E-state index in [1.165, 1.54) is 263 Å². The van der Waals surface area contributed by atoms with Crippen LogP contribution in [0.5, 0.6) is 0 Å². The van der Waals surface area contributed by atoms with Crippen molar-refractivity contribution in [1.29, 1.82) is 0 Å². The van der Waals surface area contributed by atoms with E-state index >= 15 is 0 Å². The van der Waals surface area contributed by atoms with Crippen molar-refractivity contribution in [3.05, 3.63) is 12.2 Å². The number of carbonyl (C=O) groups excluding carboxylic acids is 1. The second kappa shape index (κ2) is 54.0. The van der Waals surface area contributed by atoms with Crippen LogP contribution in [0.1, 0.15) is 328 Å². The molecule has 0 bridgehead atoms. The van der Waals surface area contributed by atoms with Crippen molar-refractivity contribution in [2.75, 3.05) is 6.61 Å². The molecule has 0 spiro atoms. The SMILES string of the molecule is CCCCCCCCCCCCCC/C=C\CCCCCCCCCCCCCCCCC(O)C(=O)NC(CO)C(O)C(O)CCCCCCCCCCCCCCCCCCCCC. The summed E-state index contributed by atoms with van der Waals surface area (Å²) in [4.78, 5) is 12.6. The first-order chi connectivity index (χ1) is 32.0. The lowest BCUT2D eigenvalue weighted by molar-refractivity contribution is -0.132. The predicted octanol–water partition coefficient (Wildman–Crippen LogP) is 17.3. The fraction of sp³-hybridized carbons (Fsp3) is 0.949. The topological polar surface area (TPSA) is 110 Å². The monoisotopic (exact) mass is 920 g/mol. The quantitative estimate of drug-likeness (QED) is 0.0308. The van der Waals surface area contributed by atoms with Crippen molar-refractivity contribution in [2.24, 2.45) is 0 Å². The number of nitrogens with one attached hydrogen (secondary N) is 1. The molecule has 0 aromatic carbocycles. The van der Waals surface area contributed by atoms with Crippen LogP contribution >= 0.6 is 0 Å². The highest BCUT2D eigenvalue weighted by Crippen LogP contribution is 2.18. The van der Waals surface area contributed by atoms with Gasteiger partial charge >= 0.3 is 0 Å². The van der Waals surface area contributed by atoms with Gasteiger partial charge in [-0.25, -0.2) is 0 Å². The van der Waals surface area contributed by atoms with E-state index in [1.54, 1.807) is 0 Å². The Morgan fingerprint density at radius 1 is 0.369 bits per heavy atom. The Morgan fingerprint density at radius 2 is 0.615 bits per heavy atom. The number of amides is 1. The van der Waals surface area contributed by atoms with Crippen LogP contribution < -0.4 is 5.32 Å². The van der Waals surface area contributed by atoms with Gasteiger partial charge in [-0.1, -0.05) is 302 Å². The van der Waals surface area contributed by atoms with E-state index in [0.29, 0.717) is 12.8 Å². The van der Waals surface area contributed by atoms with Crippen molar-refractivity contribution >= 4 is 5.91 Å². The molecule has 0 saturated heterocycles. The minimum atomic E-state index is -1.26. The molecule has 0 aliphatic rings. The Morgan fingerprint density at radius 3 is 0.892 bits per heavy atom. The van der Waals surface area contributed by atoms with E-state index in [-0.39, 0.29) is 0 Å². The molecule has 0 aliphatic carbocycles. The number of allylic oxidation sites excluding steroid dienone is 2.